The monoisotopic (exact) mass is 245 g/mol. The van der Waals surface area contributed by atoms with Crippen molar-refractivity contribution in [2.75, 3.05) is 5.32 Å². The highest BCUT2D eigenvalue weighted by molar-refractivity contribution is 5.87. The van der Waals surface area contributed by atoms with Crippen LogP contribution in [0.2, 0.25) is 0 Å². The van der Waals surface area contributed by atoms with Crippen molar-refractivity contribution in [2.45, 2.75) is 26.4 Å². The van der Waals surface area contributed by atoms with Gasteiger partial charge in [-0.25, -0.2) is 13.6 Å². The number of benzene rings is 1. The molecule has 1 rings (SSSR count). The molecular weight excluding hydrogens is 232 g/mol. The third kappa shape index (κ3) is 3.90. The molecule has 1 amide bonds. The minimum atomic E-state index is -1.08. The lowest BCUT2D eigenvalue weighted by atomic mass is 10.2. The number of phenolic OH excluding ortho intramolecular Hbond substituents is 1. The van der Waals surface area contributed by atoms with Crippen molar-refractivity contribution in [1.82, 2.24) is 0 Å². The molecule has 4 nitrogen and oxygen atoms in total. The molecule has 0 fully saturated rings. The van der Waals surface area contributed by atoms with Gasteiger partial charge in [-0.2, -0.15) is 0 Å². The van der Waals surface area contributed by atoms with Crippen LogP contribution in [-0.2, 0) is 4.74 Å². The Kier molecular flexibility index (Phi) is 3.55. The average Bonchev–Trinajstić information content (AvgIpc) is 2.08. The molecule has 0 saturated heterocycles. The Hall–Kier alpha value is -1.85. The van der Waals surface area contributed by atoms with Gasteiger partial charge in [0.25, 0.3) is 0 Å². The van der Waals surface area contributed by atoms with Crippen LogP contribution in [0.5, 0.6) is 5.75 Å². The molecule has 17 heavy (non-hydrogen) atoms. The van der Waals surface area contributed by atoms with E-state index in [4.69, 9.17) is 4.74 Å². The van der Waals surface area contributed by atoms with Gasteiger partial charge >= 0.3 is 6.09 Å². The Morgan fingerprint density at radius 2 is 1.94 bits per heavy atom. The van der Waals surface area contributed by atoms with Gasteiger partial charge in [-0.1, -0.05) is 0 Å². The van der Waals surface area contributed by atoms with E-state index in [1.807, 2.05) is 5.32 Å². The van der Waals surface area contributed by atoms with Gasteiger partial charge in [-0.05, 0) is 20.8 Å². The third-order valence-electron chi connectivity index (χ3n) is 1.66. The molecule has 1 aromatic carbocycles. The van der Waals surface area contributed by atoms with Crippen LogP contribution in [0.25, 0.3) is 0 Å². The number of phenols is 1. The summed E-state index contributed by atoms with van der Waals surface area (Å²) in [6.07, 6.45) is -0.932. The van der Waals surface area contributed by atoms with Crippen LogP contribution in [0.3, 0.4) is 0 Å². The van der Waals surface area contributed by atoms with Crippen molar-refractivity contribution < 1.29 is 23.4 Å². The minimum absolute atomic E-state index is 0.513. The molecule has 0 aromatic heterocycles. The SMILES string of the molecule is CC(C)(C)OC(=O)Nc1c(O)cc(F)cc1F. The maximum absolute atomic E-state index is 13.2. The Morgan fingerprint density at radius 1 is 1.35 bits per heavy atom. The fourth-order valence-corrected chi connectivity index (χ4v) is 1.09. The zero-order valence-electron chi connectivity index (χ0n) is 9.67. The second kappa shape index (κ2) is 4.57. The lowest BCUT2D eigenvalue weighted by molar-refractivity contribution is 0.0634. The van der Waals surface area contributed by atoms with E-state index in [2.05, 4.69) is 0 Å². The summed E-state index contributed by atoms with van der Waals surface area (Å²) < 4.78 is 30.8. The lowest BCUT2D eigenvalue weighted by Gasteiger charge is -2.20. The van der Waals surface area contributed by atoms with Gasteiger partial charge in [0.2, 0.25) is 0 Å². The minimum Gasteiger partial charge on any atom is -0.506 e. The maximum atomic E-state index is 13.2. The summed E-state index contributed by atoms with van der Waals surface area (Å²) in [4.78, 5) is 11.3. The maximum Gasteiger partial charge on any atom is 0.412 e. The van der Waals surface area contributed by atoms with Gasteiger partial charge in [0.05, 0.1) is 0 Å². The summed E-state index contributed by atoms with van der Waals surface area (Å²) in [7, 11) is 0. The molecule has 0 spiro atoms. The number of hydrogen-bond acceptors (Lipinski definition) is 3. The Bertz CT molecular complexity index is 418. The normalized spacial score (nSPS) is 11.1. The fraction of sp³-hybridized carbons (Fsp3) is 0.364. The Morgan fingerprint density at radius 3 is 2.41 bits per heavy atom. The van der Waals surface area contributed by atoms with Crippen molar-refractivity contribution in [3.8, 4) is 5.75 Å². The molecule has 0 atom stereocenters. The van der Waals surface area contributed by atoms with Crippen LogP contribution >= 0.6 is 0 Å². The zero-order valence-corrected chi connectivity index (χ0v) is 9.67. The van der Waals surface area contributed by atoms with E-state index in [0.717, 1.165) is 0 Å². The molecule has 0 bridgehead atoms. The van der Waals surface area contributed by atoms with E-state index in [1.165, 1.54) is 0 Å². The van der Waals surface area contributed by atoms with Crippen LogP contribution in [0.15, 0.2) is 12.1 Å². The van der Waals surface area contributed by atoms with Crippen molar-refractivity contribution in [3.63, 3.8) is 0 Å². The number of carbonyl (C=O) groups excluding carboxylic acids is 1. The van der Waals surface area contributed by atoms with Crippen LogP contribution in [0.1, 0.15) is 20.8 Å². The summed E-state index contributed by atoms with van der Waals surface area (Å²) in [5, 5.41) is 11.3. The van der Waals surface area contributed by atoms with Crippen molar-refractivity contribution in [1.29, 1.82) is 0 Å². The summed E-state index contributed by atoms with van der Waals surface area (Å²) in [6.45, 7) is 4.90. The van der Waals surface area contributed by atoms with Crippen molar-refractivity contribution >= 4 is 11.8 Å². The van der Waals surface area contributed by atoms with E-state index < -0.39 is 34.8 Å². The number of hydrogen-bond donors (Lipinski definition) is 2. The van der Waals surface area contributed by atoms with E-state index >= 15 is 0 Å². The van der Waals surface area contributed by atoms with Gasteiger partial charge in [0, 0.05) is 12.1 Å². The van der Waals surface area contributed by atoms with Crippen LogP contribution in [0.4, 0.5) is 19.3 Å². The molecule has 94 valence electrons. The van der Waals surface area contributed by atoms with Crippen LogP contribution in [-0.4, -0.2) is 16.8 Å². The van der Waals surface area contributed by atoms with E-state index in [9.17, 15) is 18.7 Å². The van der Waals surface area contributed by atoms with E-state index in [1.54, 1.807) is 20.8 Å². The molecular formula is C11H13F2NO3. The molecule has 0 radical (unpaired) electrons. The molecule has 6 heteroatoms. The molecule has 0 heterocycles. The molecule has 0 aliphatic heterocycles. The number of carbonyl (C=O) groups is 1. The van der Waals surface area contributed by atoms with Gasteiger partial charge in [-0.15, -0.1) is 0 Å². The number of aromatic hydroxyl groups is 1. The number of amides is 1. The summed E-state index contributed by atoms with van der Waals surface area (Å²) >= 11 is 0. The first kappa shape index (κ1) is 13.2. The second-order valence-corrected chi connectivity index (χ2v) is 4.41. The summed E-state index contributed by atoms with van der Waals surface area (Å²) in [6, 6.07) is 1.24. The number of halogens is 2. The second-order valence-electron chi connectivity index (χ2n) is 4.41. The summed E-state index contributed by atoms with van der Waals surface area (Å²) in [5.74, 6) is -2.71. The first-order chi connectivity index (χ1) is 7.69. The van der Waals surface area contributed by atoms with Crippen molar-refractivity contribution in [3.05, 3.63) is 23.8 Å². The zero-order chi connectivity index (χ0) is 13.2. The molecule has 1 aromatic rings. The quantitative estimate of drug-likeness (QED) is 0.748. The highest BCUT2D eigenvalue weighted by Crippen LogP contribution is 2.28. The van der Waals surface area contributed by atoms with Gasteiger partial charge < -0.3 is 9.84 Å². The molecule has 0 saturated carbocycles. The van der Waals surface area contributed by atoms with Crippen LogP contribution < -0.4 is 5.32 Å². The number of rotatable bonds is 1. The molecule has 0 aliphatic carbocycles. The average molecular weight is 245 g/mol. The van der Waals surface area contributed by atoms with E-state index in [-0.39, 0.29) is 0 Å². The van der Waals surface area contributed by atoms with Crippen molar-refractivity contribution in [2.24, 2.45) is 0 Å². The Labute approximate surface area is 97.2 Å². The predicted octanol–water partition coefficient (Wildman–Crippen LogP) is 3.02. The highest BCUT2D eigenvalue weighted by Gasteiger charge is 2.19. The van der Waals surface area contributed by atoms with Crippen LogP contribution in [0, 0.1) is 11.6 Å². The number of nitrogens with one attached hydrogen (secondary N) is 1. The van der Waals surface area contributed by atoms with E-state index in [0.29, 0.717) is 12.1 Å². The molecule has 0 unspecified atom stereocenters. The molecule has 0 aliphatic rings. The highest BCUT2D eigenvalue weighted by atomic mass is 19.1. The third-order valence-corrected chi connectivity index (χ3v) is 1.66. The predicted molar refractivity (Wildman–Crippen MR) is 57.9 cm³/mol. The fourth-order valence-electron chi connectivity index (χ4n) is 1.09. The van der Waals surface area contributed by atoms with Gasteiger partial charge in [-0.3, -0.25) is 5.32 Å². The Balaban J connectivity index is 2.86. The largest absolute Gasteiger partial charge is 0.506 e. The first-order valence-electron chi connectivity index (χ1n) is 4.87. The lowest BCUT2D eigenvalue weighted by Crippen LogP contribution is -2.27. The van der Waals surface area contributed by atoms with Gasteiger partial charge in [0.1, 0.15) is 22.9 Å². The number of ether oxygens (including phenoxy) is 1. The molecule has 2 N–H and O–H groups in total. The topological polar surface area (TPSA) is 58.6 Å². The smallest absolute Gasteiger partial charge is 0.412 e. The number of anilines is 1. The standard InChI is InChI=1S/C11H13F2NO3/c1-11(2,3)17-10(16)14-9-7(13)4-6(12)5-8(9)15/h4-5,15H,1-3H3,(H,14,16). The summed E-state index contributed by atoms with van der Waals surface area (Å²) in [5.41, 5.74) is -1.27. The van der Waals surface area contributed by atoms with Gasteiger partial charge in [0.15, 0.2) is 5.82 Å². The first-order valence-corrected chi connectivity index (χ1v) is 4.87.